The lowest BCUT2D eigenvalue weighted by atomic mass is 9.97. The molecule has 2 N–H and O–H groups in total. The summed E-state index contributed by atoms with van der Waals surface area (Å²) in [5, 5.41) is 17.5. The average molecular weight is 278 g/mol. The number of phenolic OH excluding ortho intramolecular Hbond substituents is 1. The van der Waals surface area contributed by atoms with Gasteiger partial charge in [0.1, 0.15) is 11.4 Å². The molecule has 0 amide bonds. The Morgan fingerprint density at radius 3 is 2.43 bits per heavy atom. The summed E-state index contributed by atoms with van der Waals surface area (Å²) >= 11 is 0. The van der Waals surface area contributed by atoms with Crippen molar-refractivity contribution >= 4 is 0 Å². The number of H-pyrrole nitrogens is 1. The molecule has 0 saturated heterocycles. The number of hydrogen-bond acceptors (Lipinski definition) is 2. The Morgan fingerprint density at radius 2 is 1.76 bits per heavy atom. The molecule has 1 aromatic heterocycles. The number of benzene rings is 2. The molecule has 0 fully saturated rings. The molecule has 21 heavy (non-hydrogen) atoms. The van der Waals surface area contributed by atoms with Crippen LogP contribution in [0.15, 0.2) is 54.7 Å². The van der Waals surface area contributed by atoms with Crippen LogP contribution in [0.4, 0.5) is 0 Å². The lowest BCUT2D eigenvalue weighted by Crippen LogP contribution is -1.89. The van der Waals surface area contributed by atoms with Crippen LogP contribution in [-0.4, -0.2) is 15.3 Å². The fraction of sp³-hybridized carbons (Fsp3) is 0.167. The quantitative estimate of drug-likeness (QED) is 0.737. The highest BCUT2D eigenvalue weighted by atomic mass is 16.3. The van der Waals surface area contributed by atoms with Crippen molar-refractivity contribution in [2.45, 2.75) is 19.8 Å². The summed E-state index contributed by atoms with van der Waals surface area (Å²) in [5.74, 6) is 0.656. The third-order valence-corrected chi connectivity index (χ3v) is 3.67. The maximum Gasteiger partial charge on any atom is 0.125 e. The van der Waals surface area contributed by atoms with Crippen LogP contribution < -0.4 is 0 Å². The minimum atomic E-state index is 0.269. The fourth-order valence-corrected chi connectivity index (χ4v) is 2.44. The minimum absolute atomic E-state index is 0.269. The second-order valence-electron chi connectivity index (χ2n) is 5.44. The Kier molecular flexibility index (Phi) is 3.48. The minimum Gasteiger partial charge on any atom is -0.507 e. The van der Waals surface area contributed by atoms with E-state index < -0.39 is 0 Å². The lowest BCUT2D eigenvalue weighted by molar-refractivity contribution is 0.476. The third kappa shape index (κ3) is 2.55. The molecule has 3 nitrogen and oxygen atoms in total. The molecule has 2 aromatic carbocycles. The number of phenols is 1. The van der Waals surface area contributed by atoms with Gasteiger partial charge in [-0.3, -0.25) is 5.10 Å². The van der Waals surface area contributed by atoms with Gasteiger partial charge in [-0.1, -0.05) is 50.2 Å². The van der Waals surface area contributed by atoms with E-state index in [0.717, 1.165) is 27.9 Å². The van der Waals surface area contributed by atoms with Crippen molar-refractivity contribution in [1.82, 2.24) is 10.2 Å². The van der Waals surface area contributed by atoms with Crippen molar-refractivity contribution in [2.24, 2.45) is 0 Å². The standard InChI is InChI=1S/C18H18N2O/c1-12(2)14-8-9-15(17(21)10-14)18-16(11-19-20-18)13-6-4-3-5-7-13/h3-12,21H,1-2H3,(H,19,20). The molecule has 0 aliphatic heterocycles. The molecule has 106 valence electrons. The van der Waals surface area contributed by atoms with Gasteiger partial charge in [0.15, 0.2) is 0 Å². The van der Waals surface area contributed by atoms with Gasteiger partial charge in [0, 0.05) is 17.3 Å². The predicted octanol–water partition coefficient (Wildman–Crippen LogP) is 4.57. The Bertz CT molecular complexity index is 745. The first-order chi connectivity index (χ1) is 10.2. The Balaban J connectivity index is 2.09. The second-order valence-corrected chi connectivity index (χ2v) is 5.44. The highest BCUT2D eigenvalue weighted by Crippen LogP contribution is 2.36. The van der Waals surface area contributed by atoms with Gasteiger partial charge in [0.2, 0.25) is 0 Å². The zero-order valence-corrected chi connectivity index (χ0v) is 12.2. The zero-order chi connectivity index (χ0) is 14.8. The van der Waals surface area contributed by atoms with Crippen LogP contribution in [0.2, 0.25) is 0 Å². The van der Waals surface area contributed by atoms with E-state index in [2.05, 4.69) is 24.0 Å². The number of nitrogens with one attached hydrogen (secondary N) is 1. The van der Waals surface area contributed by atoms with Crippen molar-refractivity contribution in [3.63, 3.8) is 0 Å². The molecule has 0 unspecified atom stereocenters. The monoisotopic (exact) mass is 278 g/mol. The molecule has 3 rings (SSSR count). The molecule has 0 spiro atoms. The molecule has 0 saturated carbocycles. The van der Waals surface area contributed by atoms with Gasteiger partial charge < -0.3 is 5.11 Å². The van der Waals surface area contributed by atoms with Gasteiger partial charge in [-0.2, -0.15) is 5.10 Å². The van der Waals surface area contributed by atoms with Crippen LogP contribution in [0.1, 0.15) is 25.3 Å². The number of hydrogen-bond donors (Lipinski definition) is 2. The smallest absolute Gasteiger partial charge is 0.125 e. The van der Waals surface area contributed by atoms with E-state index in [0.29, 0.717) is 5.92 Å². The first kappa shape index (κ1) is 13.4. The summed E-state index contributed by atoms with van der Waals surface area (Å²) < 4.78 is 0. The molecule has 0 atom stereocenters. The van der Waals surface area contributed by atoms with Crippen LogP contribution in [0.3, 0.4) is 0 Å². The van der Waals surface area contributed by atoms with E-state index >= 15 is 0 Å². The van der Waals surface area contributed by atoms with Crippen molar-refractivity contribution in [3.8, 4) is 28.1 Å². The van der Waals surface area contributed by atoms with Crippen LogP contribution in [-0.2, 0) is 0 Å². The van der Waals surface area contributed by atoms with Crippen molar-refractivity contribution in [1.29, 1.82) is 0 Å². The highest BCUT2D eigenvalue weighted by molar-refractivity contribution is 5.83. The van der Waals surface area contributed by atoms with Gasteiger partial charge in [0.25, 0.3) is 0 Å². The molecule has 0 radical (unpaired) electrons. The molecule has 0 bridgehead atoms. The predicted molar refractivity (Wildman–Crippen MR) is 85.2 cm³/mol. The number of nitrogens with zero attached hydrogens (tertiary/aromatic N) is 1. The maximum atomic E-state index is 10.3. The number of rotatable bonds is 3. The summed E-state index contributed by atoms with van der Waals surface area (Å²) in [5.41, 5.74) is 4.71. The summed E-state index contributed by atoms with van der Waals surface area (Å²) in [6.07, 6.45) is 1.86. The van der Waals surface area contributed by atoms with E-state index in [1.165, 1.54) is 0 Å². The summed E-state index contributed by atoms with van der Waals surface area (Å²) in [7, 11) is 0. The number of aromatic nitrogens is 2. The summed E-state index contributed by atoms with van der Waals surface area (Å²) in [4.78, 5) is 0. The Hall–Kier alpha value is -2.55. The summed E-state index contributed by atoms with van der Waals surface area (Å²) in [6.45, 7) is 4.22. The molecular formula is C18H18N2O. The normalized spacial score (nSPS) is 11.0. The molecule has 0 aliphatic carbocycles. The topological polar surface area (TPSA) is 48.9 Å². The highest BCUT2D eigenvalue weighted by Gasteiger charge is 2.14. The van der Waals surface area contributed by atoms with E-state index in [4.69, 9.17) is 0 Å². The molecule has 0 aliphatic rings. The van der Waals surface area contributed by atoms with Crippen LogP contribution in [0.25, 0.3) is 22.4 Å². The Morgan fingerprint density at radius 1 is 1.00 bits per heavy atom. The fourth-order valence-electron chi connectivity index (χ4n) is 2.44. The average Bonchev–Trinajstić information content (AvgIpc) is 2.97. The van der Waals surface area contributed by atoms with Crippen molar-refractivity contribution < 1.29 is 5.11 Å². The zero-order valence-electron chi connectivity index (χ0n) is 12.2. The summed E-state index contributed by atoms with van der Waals surface area (Å²) in [6, 6.07) is 15.8. The number of aromatic hydroxyl groups is 1. The van der Waals surface area contributed by atoms with Gasteiger partial charge in [-0.15, -0.1) is 0 Å². The van der Waals surface area contributed by atoms with Gasteiger partial charge >= 0.3 is 0 Å². The van der Waals surface area contributed by atoms with Crippen LogP contribution in [0, 0.1) is 0 Å². The van der Waals surface area contributed by atoms with E-state index in [1.807, 2.05) is 54.7 Å². The molecule has 3 aromatic rings. The third-order valence-electron chi connectivity index (χ3n) is 3.67. The molecular weight excluding hydrogens is 260 g/mol. The van der Waals surface area contributed by atoms with E-state index in [1.54, 1.807) is 0 Å². The van der Waals surface area contributed by atoms with Crippen LogP contribution in [0.5, 0.6) is 5.75 Å². The van der Waals surface area contributed by atoms with Gasteiger partial charge in [0.05, 0.1) is 0 Å². The second kappa shape index (κ2) is 5.44. The first-order valence-electron chi connectivity index (χ1n) is 7.09. The van der Waals surface area contributed by atoms with Gasteiger partial charge in [-0.25, -0.2) is 0 Å². The molecule has 1 heterocycles. The van der Waals surface area contributed by atoms with Gasteiger partial charge in [-0.05, 0) is 29.2 Å². The number of aromatic amines is 1. The lowest BCUT2D eigenvalue weighted by Gasteiger charge is -2.09. The largest absolute Gasteiger partial charge is 0.507 e. The maximum absolute atomic E-state index is 10.3. The van der Waals surface area contributed by atoms with Crippen LogP contribution >= 0.6 is 0 Å². The van der Waals surface area contributed by atoms with E-state index in [-0.39, 0.29) is 5.75 Å². The molecule has 3 heteroatoms. The SMILES string of the molecule is CC(C)c1ccc(-c2n[nH]cc2-c2ccccc2)c(O)c1. The van der Waals surface area contributed by atoms with Crippen molar-refractivity contribution in [2.75, 3.05) is 0 Å². The van der Waals surface area contributed by atoms with Crippen molar-refractivity contribution in [3.05, 3.63) is 60.3 Å². The Labute approximate surface area is 124 Å². The first-order valence-corrected chi connectivity index (χ1v) is 7.09. The van der Waals surface area contributed by atoms with E-state index in [9.17, 15) is 5.11 Å².